The lowest BCUT2D eigenvalue weighted by Gasteiger charge is -2.08. The molecular formula is C13H9F3N2O. The van der Waals surface area contributed by atoms with Gasteiger partial charge in [-0.15, -0.1) is 0 Å². The summed E-state index contributed by atoms with van der Waals surface area (Å²) in [6.07, 6.45) is -2.50. The van der Waals surface area contributed by atoms with Gasteiger partial charge in [-0.1, -0.05) is 12.1 Å². The fraction of sp³-hybridized carbons (Fsp3) is 0.0769. The normalized spacial score (nSPS) is 11.3. The maximum Gasteiger partial charge on any atom is 0.416 e. The molecule has 0 amide bonds. The van der Waals surface area contributed by atoms with Gasteiger partial charge in [0.2, 0.25) is 6.41 Å². The van der Waals surface area contributed by atoms with Crippen molar-refractivity contribution in [1.29, 1.82) is 5.41 Å². The number of alkyl halides is 3. The van der Waals surface area contributed by atoms with Gasteiger partial charge in [-0.3, -0.25) is 14.8 Å². The Kier molecular flexibility index (Phi) is 3.25. The molecule has 0 saturated carbocycles. The van der Waals surface area contributed by atoms with Crippen molar-refractivity contribution in [2.24, 2.45) is 0 Å². The Bertz CT molecular complexity index is 657. The quantitative estimate of drug-likeness (QED) is 0.834. The van der Waals surface area contributed by atoms with E-state index in [0.717, 1.165) is 16.7 Å². The van der Waals surface area contributed by atoms with Crippen molar-refractivity contribution >= 4 is 6.41 Å². The van der Waals surface area contributed by atoms with Crippen molar-refractivity contribution in [2.75, 3.05) is 0 Å². The van der Waals surface area contributed by atoms with E-state index < -0.39 is 11.7 Å². The number of benzene rings is 1. The molecule has 0 aliphatic heterocycles. The molecule has 0 spiro atoms. The Hall–Kier alpha value is -2.37. The Morgan fingerprint density at radius 1 is 1.00 bits per heavy atom. The standard InChI is InChI=1S/C13H9F3N2O/c14-13(15,16)11-4-1-9(2-5-11)10-3-6-12(17)18(7-10)8-19/h1-8,17H. The van der Waals surface area contributed by atoms with Crippen molar-refractivity contribution in [1.82, 2.24) is 4.57 Å². The van der Waals surface area contributed by atoms with Gasteiger partial charge >= 0.3 is 6.18 Å². The molecule has 2 aromatic rings. The lowest BCUT2D eigenvalue weighted by Crippen LogP contribution is -2.17. The second-order valence-electron chi connectivity index (χ2n) is 3.89. The monoisotopic (exact) mass is 266 g/mol. The number of nitrogens with zero attached hydrogens (tertiary/aromatic N) is 1. The first kappa shape index (κ1) is 13.1. The van der Waals surface area contributed by atoms with Crippen LogP contribution in [0, 0.1) is 5.41 Å². The van der Waals surface area contributed by atoms with Gasteiger partial charge < -0.3 is 0 Å². The summed E-state index contributed by atoms with van der Waals surface area (Å²) >= 11 is 0. The molecule has 0 bridgehead atoms. The SMILES string of the molecule is N=c1ccc(-c2ccc(C(F)(F)F)cc2)cn1C=O. The molecule has 0 aliphatic carbocycles. The predicted octanol–water partition coefficient (Wildman–Crippen LogP) is 2.69. The summed E-state index contributed by atoms with van der Waals surface area (Å²) < 4.78 is 38.3. The average Bonchev–Trinajstić information content (AvgIpc) is 2.38. The molecule has 0 aliphatic rings. The van der Waals surface area contributed by atoms with Crippen LogP contribution in [0.5, 0.6) is 0 Å². The molecule has 2 rings (SSSR count). The number of carbonyl (C=O) groups excluding carboxylic acids is 1. The molecule has 1 N–H and O–H groups in total. The van der Waals surface area contributed by atoms with Gasteiger partial charge in [0.1, 0.15) is 5.49 Å². The van der Waals surface area contributed by atoms with Crippen molar-refractivity contribution < 1.29 is 18.0 Å². The second-order valence-corrected chi connectivity index (χ2v) is 3.89. The van der Waals surface area contributed by atoms with Gasteiger partial charge in [-0.25, -0.2) is 0 Å². The van der Waals surface area contributed by atoms with E-state index in [9.17, 15) is 18.0 Å². The largest absolute Gasteiger partial charge is 0.416 e. The van der Waals surface area contributed by atoms with Crippen molar-refractivity contribution in [3.8, 4) is 11.1 Å². The summed E-state index contributed by atoms with van der Waals surface area (Å²) in [6, 6.07) is 7.60. The highest BCUT2D eigenvalue weighted by molar-refractivity contribution is 5.65. The Balaban J connectivity index is 2.43. The highest BCUT2D eigenvalue weighted by Crippen LogP contribution is 2.30. The van der Waals surface area contributed by atoms with E-state index in [2.05, 4.69) is 0 Å². The summed E-state index contributed by atoms with van der Waals surface area (Å²) in [6.45, 7) is 0. The molecule has 19 heavy (non-hydrogen) atoms. The molecule has 1 heterocycles. The molecule has 0 atom stereocenters. The molecule has 1 aromatic carbocycles. The minimum absolute atomic E-state index is 0.00524. The topological polar surface area (TPSA) is 45.9 Å². The van der Waals surface area contributed by atoms with E-state index in [1.807, 2.05) is 0 Å². The van der Waals surface area contributed by atoms with Crippen LogP contribution in [0.25, 0.3) is 11.1 Å². The summed E-state index contributed by atoms with van der Waals surface area (Å²) in [4.78, 5) is 10.7. The number of halogens is 3. The summed E-state index contributed by atoms with van der Waals surface area (Å²) in [5.74, 6) is 0. The highest BCUT2D eigenvalue weighted by atomic mass is 19.4. The number of carbonyl (C=O) groups is 1. The molecule has 1 aromatic heterocycles. The third-order valence-electron chi connectivity index (χ3n) is 2.64. The van der Waals surface area contributed by atoms with Gasteiger partial charge in [-0.05, 0) is 35.4 Å². The lowest BCUT2D eigenvalue weighted by atomic mass is 10.1. The fourth-order valence-corrected chi connectivity index (χ4v) is 1.63. The zero-order valence-electron chi connectivity index (χ0n) is 9.61. The predicted molar refractivity (Wildman–Crippen MR) is 62.9 cm³/mol. The van der Waals surface area contributed by atoms with Gasteiger partial charge in [0.15, 0.2) is 0 Å². The number of nitrogens with one attached hydrogen (secondary N) is 1. The van der Waals surface area contributed by atoms with E-state index >= 15 is 0 Å². The zero-order valence-corrected chi connectivity index (χ0v) is 9.61. The van der Waals surface area contributed by atoms with E-state index in [0.29, 0.717) is 17.5 Å². The van der Waals surface area contributed by atoms with E-state index in [1.54, 1.807) is 6.07 Å². The van der Waals surface area contributed by atoms with Crippen LogP contribution in [-0.2, 0) is 11.0 Å². The molecule has 0 saturated heterocycles. The summed E-state index contributed by atoms with van der Waals surface area (Å²) in [5.41, 5.74) is 0.391. The van der Waals surface area contributed by atoms with Gasteiger partial charge in [0, 0.05) is 6.20 Å². The molecule has 0 fully saturated rings. The van der Waals surface area contributed by atoms with Crippen molar-refractivity contribution in [2.45, 2.75) is 6.18 Å². The summed E-state index contributed by atoms with van der Waals surface area (Å²) in [7, 11) is 0. The van der Waals surface area contributed by atoms with Crippen LogP contribution in [-0.4, -0.2) is 11.0 Å². The van der Waals surface area contributed by atoms with Crippen LogP contribution in [0.4, 0.5) is 13.2 Å². The van der Waals surface area contributed by atoms with E-state index in [1.165, 1.54) is 24.4 Å². The minimum atomic E-state index is -4.37. The first-order chi connectivity index (χ1) is 8.91. The highest BCUT2D eigenvalue weighted by Gasteiger charge is 2.29. The van der Waals surface area contributed by atoms with Crippen LogP contribution in [0.2, 0.25) is 0 Å². The molecule has 6 heteroatoms. The molecule has 98 valence electrons. The maximum atomic E-state index is 12.4. The molecular weight excluding hydrogens is 257 g/mol. The molecule has 3 nitrogen and oxygen atoms in total. The van der Waals surface area contributed by atoms with Gasteiger partial charge in [-0.2, -0.15) is 13.2 Å². The Morgan fingerprint density at radius 3 is 2.11 bits per heavy atom. The molecule has 0 unspecified atom stereocenters. The zero-order chi connectivity index (χ0) is 14.0. The van der Waals surface area contributed by atoms with Crippen LogP contribution in [0.15, 0.2) is 42.6 Å². The number of pyridine rings is 1. The first-order valence-corrected chi connectivity index (χ1v) is 5.31. The van der Waals surface area contributed by atoms with Crippen molar-refractivity contribution in [3.05, 3.63) is 53.6 Å². The van der Waals surface area contributed by atoms with Crippen LogP contribution in [0.3, 0.4) is 0 Å². The third-order valence-corrected chi connectivity index (χ3v) is 2.64. The summed E-state index contributed by atoms with van der Waals surface area (Å²) in [5, 5.41) is 7.43. The first-order valence-electron chi connectivity index (χ1n) is 5.31. The Labute approximate surface area is 106 Å². The lowest BCUT2D eigenvalue weighted by molar-refractivity contribution is -0.137. The van der Waals surface area contributed by atoms with Crippen LogP contribution < -0.4 is 5.49 Å². The van der Waals surface area contributed by atoms with Crippen molar-refractivity contribution in [3.63, 3.8) is 0 Å². The maximum absolute atomic E-state index is 12.4. The van der Waals surface area contributed by atoms with E-state index in [4.69, 9.17) is 5.41 Å². The van der Waals surface area contributed by atoms with Gasteiger partial charge in [0.05, 0.1) is 5.56 Å². The minimum Gasteiger partial charge on any atom is -0.284 e. The third kappa shape index (κ3) is 2.73. The van der Waals surface area contributed by atoms with Gasteiger partial charge in [0.25, 0.3) is 0 Å². The van der Waals surface area contributed by atoms with Crippen LogP contribution >= 0.6 is 0 Å². The number of hydrogen-bond acceptors (Lipinski definition) is 2. The fourth-order valence-electron chi connectivity index (χ4n) is 1.63. The van der Waals surface area contributed by atoms with E-state index in [-0.39, 0.29) is 5.49 Å². The second kappa shape index (κ2) is 4.72. The molecule has 0 radical (unpaired) electrons. The number of rotatable bonds is 2. The average molecular weight is 266 g/mol. The number of hydrogen-bond donors (Lipinski definition) is 1. The number of aromatic nitrogens is 1. The van der Waals surface area contributed by atoms with Crippen LogP contribution in [0.1, 0.15) is 5.56 Å². The Morgan fingerprint density at radius 2 is 1.58 bits per heavy atom. The smallest absolute Gasteiger partial charge is 0.284 e.